The number of nitrogens with zero attached hydrogens (tertiary/aromatic N) is 2. The topological polar surface area (TPSA) is 74.3 Å². The molecular weight excluding hydrogens is 316 g/mol. The van der Waals surface area contributed by atoms with Crippen LogP contribution in [0.3, 0.4) is 0 Å². The van der Waals surface area contributed by atoms with Crippen LogP contribution in [0.15, 0.2) is 24.5 Å². The van der Waals surface area contributed by atoms with Crippen molar-refractivity contribution >= 4 is 11.8 Å². The first kappa shape index (κ1) is 17.9. The lowest BCUT2D eigenvalue weighted by Gasteiger charge is -2.36. The molecule has 1 atom stereocenters. The summed E-state index contributed by atoms with van der Waals surface area (Å²) in [6.07, 6.45) is 10.5. The first-order chi connectivity index (χ1) is 12.2. The summed E-state index contributed by atoms with van der Waals surface area (Å²) < 4.78 is 0. The lowest BCUT2D eigenvalue weighted by Crippen LogP contribution is -2.47. The zero-order valence-electron chi connectivity index (χ0n) is 14.7. The third-order valence-electron chi connectivity index (χ3n) is 5.30. The number of amides is 2. The van der Waals surface area contributed by atoms with Gasteiger partial charge in [-0.1, -0.05) is 12.8 Å². The average Bonchev–Trinajstić information content (AvgIpc) is 3.20. The van der Waals surface area contributed by atoms with Crippen molar-refractivity contribution in [1.82, 2.24) is 20.5 Å². The van der Waals surface area contributed by atoms with Crippen LogP contribution in [0.2, 0.25) is 0 Å². The Morgan fingerprint density at radius 2 is 1.92 bits per heavy atom. The van der Waals surface area contributed by atoms with Crippen LogP contribution in [-0.4, -0.2) is 53.9 Å². The molecule has 0 radical (unpaired) electrons. The van der Waals surface area contributed by atoms with Crippen molar-refractivity contribution in [3.63, 3.8) is 0 Å². The molecule has 1 aliphatic heterocycles. The van der Waals surface area contributed by atoms with Crippen molar-refractivity contribution in [2.45, 2.75) is 44.6 Å². The first-order valence-electron chi connectivity index (χ1n) is 9.44. The van der Waals surface area contributed by atoms with Gasteiger partial charge >= 0.3 is 0 Å². The zero-order chi connectivity index (χ0) is 17.5. The van der Waals surface area contributed by atoms with Crippen molar-refractivity contribution in [2.75, 3.05) is 26.2 Å². The van der Waals surface area contributed by atoms with E-state index in [2.05, 4.69) is 20.5 Å². The van der Waals surface area contributed by atoms with E-state index in [0.717, 1.165) is 25.9 Å². The van der Waals surface area contributed by atoms with Crippen molar-refractivity contribution in [3.05, 3.63) is 30.1 Å². The molecule has 6 heteroatoms. The van der Waals surface area contributed by atoms with Crippen LogP contribution in [0.4, 0.5) is 0 Å². The molecule has 2 amide bonds. The number of aromatic nitrogens is 1. The van der Waals surface area contributed by atoms with E-state index in [1.54, 1.807) is 18.3 Å². The Morgan fingerprint density at radius 3 is 2.68 bits per heavy atom. The lowest BCUT2D eigenvalue weighted by atomic mass is 9.95. The molecule has 0 aromatic carbocycles. The number of hydrogen-bond acceptors (Lipinski definition) is 4. The third-order valence-corrected chi connectivity index (χ3v) is 5.30. The number of pyridine rings is 1. The average molecular weight is 344 g/mol. The van der Waals surface area contributed by atoms with Crippen LogP contribution in [0.5, 0.6) is 0 Å². The van der Waals surface area contributed by atoms with Crippen LogP contribution < -0.4 is 10.6 Å². The Balaban J connectivity index is 1.36. The second-order valence-corrected chi connectivity index (χ2v) is 7.06. The highest BCUT2D eigenvalue weighted by Gasteiger charge is 2.30. The molecule has 0 bridgehead atoms. The summed E-state index contributed by atoms with van der Waals surface area (Å²) in [5, 5.41) is 5.78. The Hall–Kier alpha value is -1.95. The zero-order valence-corrected chi connectivity index (χ0v) is 14.7. The van der Waals surface area contributed by atoms with E-state index in [0.29, 0.717) is 24.7 Å². The molecule has 0 spiro atoms. The fourth-order valence-corrected chi connectivity index (χ4v) is 3.93. The fourth-order valence-electron chi connectivity index (χ4n) is 3.93. The maximum Gasteiger partial charge on any atom is 0.252 e. The normalized spacial score (nSPS) is 21.8. The van der Waals surface area contributed by atoms with Gasteiger partial charge in [0.15, 0.2) is 0 Å². The number of carbonyl (C=O) groups excluding carboxylic acids is 2. The highest BCUT2D eigenvalue weighted by Crippen LogP contribution is 2.27. The minimum atomic E-state index is -0.160. The number of rotatable bonds is 6. The van der Waals surface area contributed by atoms with E-state index in [9.17, 15) is 9.59 Å². The molecule has 1 aromatic heterocycles. The van der Waals surface area contributed by atoms with Gasteiger partial charge in [0, 0.05) is 38.1 Å². The van der Waals surface area contributed by atoms with E-state index < -0.39 is 0 Å². The highest BCUT2D eigenvalue weighted by atomic mass is 16.2. The molecule has 3 rings (SSSR count). The van der Waals surface area contributed by atoms with Crippen LogP contribution >= 0.6 is 0 Å². The number of likely N-dealkylation sites (tertiary alicyclic amines) is 1. The summed E-state index contributed by atoms with van der Waals surface area (Å²) in [4.78, 5) is 30.8. The number of nitrogens with one attached hydrogen (secondary N) is 2. The maximum atomic E-state index is 12.4. The molecule has 1 saturated carbocycles. The fraction of sp³-hybridized carbons (Fsp3) is 0.632. The molecule has 2 N–H and O–H groups in total. The van der Waals surface area contributed by atoms with E-state index in [4.69, 9.17) is 0 Å². The van der Waals surface area contributed by atoms with Crippen molar-refractivity contribution in [1.29, 1.82) is 0 Å². The Bertz CT molecular complexity index is 572. The Morgan fingerprint density at radius 1 is 1.12 bits per heavy atom. The number of carbonyl (C=O) groups is 2. The molecule has 1 unspecified atom stereocenters. The van der Waals surface area contributed by atoms with E-state index >= 15 is 0 Å². The molecule has 2 fully saturated rings. The monoisotopic (exact) mass is 344 g/mol. The molecule has 136 valence electrons. The molecule has 25 heavy (non-hydrogen) atoms. The Labute approximate surface area is 149 Å². The molecular formula is C19H28N4O2. The van der Waals surface area contributed by atoms with E-state index in [1.807, 2.05) is 0 Å². The molecule has 1 aliphatic carbocycles. The molecule has 6 nitrogen and oxygen atoms in total. The number of hydrogen-bond donors (Lipinski definition) is 2. The van der Waals surface area contributed by atoms with Gasteiger partial charge in [-0.3, -0.25) is 19.5 Å². The summed E-state index contributed by atoms with van der Waals surface area (Å²) in [7, 11) is 0. The highest BCUT2D eigenvalue weighted by molar-refractivity contribution is 5.93. The van der Waals surface area contributed by atoms with Crippen LogP contribution in [0.25, 0.3) is 0 Å². The summed E-state index contributed by atoms with van der Waals surface area (Å²) >= 11 is 0. The predicted molar refractivity (Wildman–Crippen MR) is 96.1 cm³/mol. The molecule has 2 aliphatic rings. The van der Waals surface area contributed by atoms with Gasteiger partial charge in [-0.15, -0.1) is 0 Å². The van der Waals surface area contributed by atoms with Crippen molar-refractivity contribution in [2.24, 2.45) is 5.92 Å². The van der Waals surface area contributed by atoms with Gasteiger partial charge < -0.3 is 10.6 Å². The summed E-state index contributed by atoms with van der Waals surface area (Å²) in [6.45, 7) is 2.91. The predicted octanol–water partition coefficient (Wildman–Crippen LogP) is 1.58. The van der Waals surface area contributed by atoms with Gasteiger partial charge in [0.05, 0.1) is 11.5 Å². The first-order valence-corrected chi connectivity index (χ1v) is 9.44. The largest absolute Gasteiger partial charge is 0.354 e. The van der Waals surface area contributed by atoms with Gasteiger partial charge in [-0.25, -0.2) is 0 Å². The van der Waals surface area contributed by atoms with Crippen LogP contribution in [0.1, 0.15) is 48.9 Å². The maximum absolute atomic E-state index is 12.4. The van der Waals surface area contributed by atoms with Gasteiger partial charge in [0.1, 0.15) is 0 Å². The second kappa shape index (κ2) is 8.94. The molecule has 1 saturated heterocycles. The van der Waals surface area contributed by atoms with Gasteiger partial charge in [0.25, 0.3) is 5.91 Å². The summed E-state index contributed by atoms with van der Waals surface area (Å²) in [5.41, 5.74) is 0.535. The lowest BCUT2D eigenvalue weighted by molar-refractivity contribution is -0.127. The van der Waals surface area contributed by atoms with Gasteiger partial charge in [0.2, 0.25) is 5.91 Å². The summed E-state index contributed by atoms with van der Waals surface area (Å²) in [5.74, 6) is 0.0501. The Kier molecular flexibility index (Phi) is 6.39. The number of piperidine rings is 1. The van der Waals surface area contributed by atoms with Crippen molar-refractivity contribution in [3.8, 4) is 0 Å². The second-order valence-electron chi connectivity index (χ2n) is 7.06. The smallest absolute Gasteiger partial charge is 0.252 e. The van der Waals surface area contributed by atoms with E-state index in [-0.39, 0.29) is 17.7 Å². The third kappa shape index (κ3) is 5.01. The quantitative estimate of drug-likeness (QED) is 0.769. The molecule has 2 heterocycles. The van der Waals surface area contributed by atoms with Gasteiger partial charge in [-0.2, -0.15) is 0 Å². The standard InChI is InChI=1S/C19H28N4O2/c24-18(15-5-3-9-20-13-15)21-10-11-22-19(25)16-6-4-12-23(14-16)17-7-1-2-8-17/h3,5,9,13,16-17H,1-2,4,6-8,10-12,14H2,(H,21,24)(H,22,25). The van der Waals surface area contributed by atoms with Crippen LogP contribution in [0, 0.1) is 5.92 Å². The van der Waals surface area contributed by atoms with Gasteiger partial charge in [-0.05, 0) is 44.4 Å². The minimum absolute atomic E-state index is 0.0865. The van der Waals surface area contributed by atoms with Crippen LogP contribution in [-0.2, 0) is 4.79 Å². The molecule has 1 aromatic rings. The summed E-state index contributed by atoms with van der Waals surface area (Å²) in [6, 6.07) is 4.14. The SMILES string of the molecule is O=C(NCCNC(=O)C1CCCN(C2CCCC2)C1)c1cccnc1. The van der Waals surface area contributed by atoms with Crippen molar-refractivity contribution < 1.29 is 9.59 Å². The van der Waals surface area contributed by atoms with E-state index in [1.165, 1.54) is 31.9 Å². The minimum Gasteiger partial charge on any atom is -0.354 e.